The number of hydrogen-bond donors (Lipinski definition) is 0. The summed E-state index contributed by atoms with van der Waals surface area (Å²) in [7, 11) is 3.30. The predicted molar refractivity (Wildman–Crippen MR) is 107 cm³/mol. The van der Waals surface area contributed by atoms with Crippen molar-refractivity contribution in [3.63, 3.8) is 0 Å². The molecule has 28 heavy (non-hydrogen) atoms. The molecule has 1 aromatic heterocycles. The molecule has 7 nitrogen and oxygen atoms in total. The quantitative estimate of drug-likeness (QED) is 0.697. The number of amides is 1. The molecule has 0 bridgehead atoms. The number of aromatic nitrogens is 1. The molecule has 2 heterocycles. The summed E-state index contributed by atoms with van der Waals surface area (Å²) in [6, 6.07) is 13.1. The molecule has 3 aromatic rings. The van der Waals surface area contributed by atoms with Crippen molar-refractivity contribution in [1.82, 2.24) is 9.47 Å². The minimum atomic E-state index is -0.432. The number of piperazine rings is 1. The van der Waals surface area contributed by atoms with E-state index in [0.717, 1.165) is 24.5 Å². The van der Waals surface area contributed by atoms with Gasteiger partial charge in [-0.25, -0.2) is 4.79 Å². The number of oxazole rings is 1. The molecule has 7 heteroatoms. The van der Waals surface area contributed by atoms with Crippen LogP contribution in [0.15, 0.2) is 51.7 Å². The van der Waals surface area contributed by atoms with Crippen molar-refractivity contribution in [2.45, 2.75) is 13.0 Å². The minimum absolute atomic E-state index is 0.0371. The number of carbonyl (C=O) groups is 1. The highest BCUT2D eigenvalue weighted by molar-refractivity contribution is 5.97. The lowest BCUT2D eigenvalue weighted by Gasteiger charge is -2.41. The Morgan fingerprint density at radius 2 is 1.96 bits per heavy atom. The average molecular weight is 381 g/mol. The average Bonchev–Trinajstić information content (AvgIpc) is 3.00. The number of aryl methyl sites for hydroxylation is 1. The Hall–Kier alpha value is -3.22. The van der Waals surface area contributed by atoms with Crippen molar-refractivity contribution in [3.8, 4) is 5.75 Å². The Kier molecular flexibility index (Phi) is 4.58. The first-order valence-corrected chi connectivity index (χ1v) is 9.28. The van der Waals surface area contributed by atoms with Gasteiger partial charge >= 0.3 is 5.76 Å². The summed E-state index contributed by atoms with van der Waals surface area (Å²) in [5, 5.41) is 0. The molecule has 1 fully saturated rings. The zero-order chi connectivity index (χ0) is 19.8. The molecule has 1 atom stereocenters. The number of fused-ring (bicyclic) bond motifs is 1. The van der Waals surface area contributed by atoms with Crippen LogP contribution in [-0.4, -0.2) is 48.2 Å². The SMILES string of the molecule is COc1ccccc1N1CCN(C(=O)c2ccc3oc(=O)n(C)c3c2)[C@H](C)C1. The minimum Gasteiger partial charge on any atom is -0.495 e. The van der Waals surface area contributed by atoms with Crippen LogP contribution in [0.5, 0.6) is 5.75 Å². The zero-order valence-electron chi connectivity index (χ0n) is 16.2. The van der Waals surface area contributed by atoms with Crippen LogP contribution >= 0.6 is 0 Å². The number of anilines is 1. The molecule has 0 spiro atoms. The lowest BCUT2D eigenvalue weighted by Crippen LogP contribution is -2.54. The summed E-state index contributed by atoms with van der Waals surface area (Å²) in [4.78, 5) is 28.9. The molecule has 2 aromatic carbocycles. The topological polar surface area (TPSA) is 67.9 Å². The molecule has 1 amide bonds. The normalized spacial score (nSPS) is 17.2. The Bertz CT molecular complexity index is 1080. The molecule has 4 rings (SSSR count). The number of methoxy groups -OCH3 is 1. The Labute approximate surface area is 162 Å². The summed E-state index contributed by atoms with van der Waals surface area (Å²) < 4.78 is 12.0. The molecule has 1 aliphatic rings. The van der Waals surface area contributed by atoms with E-state index in [1.165, 1.54) is 4.57 Å². The molecule has 1 saturated heterocycles. The maximum Gasteiger partial charge on any atom is 0.419 e. The van der Waals surface area contributed by atoms with Gasteiger partial charge < -0.3 is 19.0 Å². The molecular weight excluding hydrogens is 358 g/mol. The third-order valence-corrected chi connectivity index (χ3v) is 5.35. The van der Waals surface area contributed by atoms with Crippen LogP contribution in [-0.2, 0) is 7.05 Å². The molecule has 0 aliphatic carbocycles. The maximum atomic E-state index is 13.1. The standard InChI is InChI=1S/C21H23N3O4/c1-14-13-23(16-6-4-5-7-18(16)27-3)10-11-24(14)20(25)15-8-9-19-17(12-15)22(2)21(26)28-19/h4-9,12,14H,10-11,13H2,1-3H3/t14-/m1/s1. The van der Waals surface area contributed by atoms with Crippen molar-refractivity contribution in [1.29, 1.82) is 0 Å². The fraction of sp³-hybridized carbons (Fsp3) is 0.333. The van der Waals surface area contributed by atoms with Gasteiger partial charge in [-0.05, 0) is 37.3 Å². The van der Waals surface area contributed by atoms with E-state index >= 15 is 0 Å². The van der Waals surface area contributed by atoms with E-state index < -0.39 is 5.76 Å². The van der Waals surface area contributed by atoms with E-state index in [1.807, 2.05) is 36.1 Å². The highest BCUT2D eigenvalue weighted by atomic mass is 16.5. The third-order valence-electron chi connectivity index (χ3n) is 5.35. The summed E-state index contributed by atoms with van der Waals surface area (Å²) in [6.07, 6.45) is 0. The van der Waals surface area contributed by atoms with Crippen molar-refractivity contribution >= 4 is 22.7 Å². The van der Waals surface area contributed by atoms with Gasteiger partial charge in [0.25, 0.3) is 5.91 Å². The van der Waals surface area contributed by atoms with E-state index in [-0.39, 0.29) is 11.9 Å². The van der Waals surface area contributed by atoms with Crippen LogP contribution in [0.1, 0.15) is 17.3 Å². The molecule has 0 unspecified atom stereocenters. The van der Waals surface area contributed by atoms with Gasteiger partial charge in [0.05, 0.1) is 18.3 Å². The van der Waals surface area contributed by atoms with Crippen molar-refractivity contribution in [2.75, 3.05) is 31.6 Å². The molecule has 146 valence electrons. The lowest BCUT2D eigenvalue weighted by atomic mass is 10.1. The fourth-order valence-corrected chi connectivity index (χ4v) is 3.79. The highest BCUT2D eigenvalue weighted by Crippen LogP contribution is 2.30. The summed E-state index contributed by atoms with van der Waals surface area (Å²) in [5.74, 6) is 0.363. The van der Waals surface area contributed by atoms with Gasteiger partial charge in [-0.2, -0.15) is 0 Å². The number of hydrogen-bond acceptors (Lipinski definition) is 5. The van der Waals surface area contributed by atoms with Gasteiger partial charge in [-0.15, -0.1) is 0 Å². The highest BCUT2D eigenvalue weighted by Gasteiger charge is 2.29. The number of ether oxygens (including phenoxy) is 1. The largest absolute Gasteiger partial charge is 0.495 e. The monoisotopic (exact) mass is 381 g/mol. The van der Waals surface area contributed by atoms with Crippen molar-refractivity contribution < 1.29 is 13.9 Å². The summed E-state index contributed by atoms with van der Waals surface area (Å²) in [5.41, 5.74) is 2.70. The second kappa shape index (κ2) is 7.07. The summed E-state index contributed by atoms with van der Waals surface area (Å²) in [6.45, 7) is 4.10. The first-order valence-electron chi connectivity index (χ1n) is 9.28. The number of nitrogens with zero attached hydrogens (tertiary/aromatic N) is 3. The van der Waals surface area contributed by atoms with Gasteiger partial charge in [0, 0.05) is 38.3 Å². The first kappa shape index (κ1) is 18.2. The van der Waals surface area contributed by atoms with Crippen LogP contribution in [0.4, 0.5) is 5.69 Å². The van der Waals surface area contributed by atoms with Crippen molar-refractivity contribution in [3.05, 3.63) is 58.6 Å². The smallest absolute Gasteiger partial charge is 0.419 e. The van der Waals surface area contributed by atoms with Gasteiger partial charge in [-0.1, -0.05) is 12.1 Å². The van der Waals surface area contributed by atoms with Crippen LogP contribution in [0, 0.1) is 0 Å². The molecule has 0 N–H and O–H groups in total. The number of para-hydroxylation sites is 2. The summed E-state index contributed by atoms with van der Waals surface area (Å²) >= 11 is 0. The second-order valence-electron chi connectivity index (χ2n) is 7.07. The van der Waals surface area contributed by atoms with E-state index in [4.69, 9.17) is 9.15 Å². The maximum absolute atomic E-state index is 13.1. The number of benzene rings is 2. The Morgan fingerprint density at radius 3 is 2.71 bits per heavy atom. The fourth-order valence-electron chi connectivity index (χ4n) is 3.79. The Balaban J connectivity index is 1.55. The molecular formula is C21H23N3O4. The van der Waals surface area contributed by atoms with Gasteiger partial charge in [0.2, 0.25) is 0 Å². The zero-order valence-corrected chi connectivity index (χ0v) is 16.2. The second-order valence-corrected chi connectivity index (χ2v) is 7.07. The van der Waals surface area contributed by atoms with E-state index in [2.05, 4.69) is 4.90 Å². The van der Waals surface area contributed by atoms with Crippen LogP contribution < -0.4 is 15.4 Å². The lowest BCUT2D eigenvalue weighted by molar-refractivity contribution is 0.0674. The van der Waals surface area contributed by atoms with Crippen LogP contribution in [0.3, 0.4) is 0 Å². The van der Waals surface area contributed by atoms with Crippen LogP contribution in [0.2, 0.25) is 0 Å². The molecule has 1 aliphatic heterocycles. The third kappa shape index (κ3) is 3.02. The molecule has 0 saturated carbocycles. The predicted octanol–water partition coefficient (Wildman–Crippen LogP) is 2.49. The van der Waals surface area contributed by atoms with Gasteiger partial charge in [0.15, 0.2) is 5.58 Å². The van der Waals surface area contributed by atoms with Gasteiger partial charge in [0.1, 0.15) is 5.75 Å². The van der Waals surface area contributed by atoms with Crippen molar-refractivity contribution in [2.24, 2.45) is 7.05 Å². The van der Waals surface area contributed by atoms with Gasteiger partial charge in [-0.3, -0.25) is 9.36 Å². The number of carbonyl (C=O) groups excluding carboxylic acids is 1. The van der Waals surface area contributed by atoms with E-state index in [0.29, 0.717) is 23.2 Å². The number of rotatable bonds is 3. The Morgan fingerprint density at radius 1 is 1.18 bits per heavy atom. The van der Waals surface area contributed by atoms with Crippen LogP contribution in [0.25, 0.3) is 11.1 Å². The van der Waals surface area contributed by atoms with E-state index in [1.54, 1.807) is 32.4 Å². The molecule has 0 radical (unpaired) electrons. The first-order chi connectivity index (χ1) is 13.5. The van der Waals surface area contributed by atoms with E-state index in [9.17, 15) is 9.59 Å².